The van der Waals surface area contributed by atoms with Gasteiger partial charge < -0.3 is 14.6 Å². The van der Waals surface area contributed by atoms with Crippen LogP contribution in [0.2, 0.25) is 0 Å². The topological polar surface area (TPSA) is 77.6 Å². The predicted octanol–water partition coefficient (Wildman–Crippen LogP) is 3.36. The molecule has 0 saturated heterocycles. The maximum absolute atomic E-state index is 13.1. The first kappa shape index (κ1) is 21.0. The number of fused-ring (bicyclic) bond motifs is 3. The molecule has 33 heavy (non-hydrogen) atoms. The van der Waals surface area contributed by atoms with E-state index < -0.39 is 0 Å². The van der Waals surface area contributed by atoms with Crippen molar-refractivity contribution in [2.45, 2.75) is 38.8 Å². The fraction of sp³-hybridized carbons (Fsp3) is 0.269. The van der Waals surface area contributed by atoms with Crippen LogP contribution in [0.15, 0.2) is 65.7 Å². The molecule has 0 fully saturated rings. The van der Waals surface area contributed by atoms with Gasteiger partial charge in [-0.2, -0.15) is 5.10 Å². The largest absolute Gasteiger partial charge is 0.496 e. The minimum atomic E-state index is -0.156. The lowest BCUT2D eigenvalue weighted by Crippen LogP contribution is -2.24. The molecule has 7 heteroatoms. The number of amides is 1. The van der Waals surface area contributed by atoms with Crippen LogP contribution in [-0.4, -0.2) is 27.2 Å². The van der Waals surface area contributed by atoms with E-state index in [2.05, 4.69) is 10.4 Å². The second-order valence-electron chi connectivity index (χ2n) is 8.35. The van der Waals surface area contributed by atoms with Gasteiger partial charge in [0.1, 0.15) is 11.3 Å². The summed E-state index contributed by atoms with van der Waals surface area (Å²) in [5.41, 5.74) is 5.27. The van der Waals surface area contributed by atoms with Crippen molar-refractivity contribution in [3.63, 3.8) is 0 Å². The monoisotopic (exact) mass is 442 g/mol. The van der Waals surface area contributed by atoms with Crippen LogP contribution in [0.25, 0.3) is 5.52 Å². The van der Waals surface area contributed by atoms with Crippen LogP contribution in [0.1, 0.15) is 45.6 Å². The number of ether oxygens (including phenoxy) is 1. The van der Waals surface area contributed by atoms with Crippen LogP contribution < -0.4 is 15.6 Å². The van der Waals surface area contributed by atoms with Crippen molar-refractivity contribution in [1.82, 2.24) is 19.5 Å². The molecule has 1 amide bonds. The van der Waals surface area contributed by atoms with E-state index >= 15 is 0 Å². The summed E-state index contributed by atoms with van der Waals surface area (Å²) in [5.74, 6) is 0.590. The number of benzene rings is 2. The van der Waals surface area contributed by atoms with E-state index in [1.165, 1.54) is 0 Å². The van der Waals surface area contributed by atoms with Crippen molar-refractivity contribution < 1.29 is 9.53 Å². The smallest absolute Gasteiger partial charge is 0.277 e. The Morgan fingerprint density at radius 2 is 1.85 bits per heavy atom. The van der Waals surface area contributed by atoms with E-state index in [0.717, 1.165) is 53.8 Å². The number of rotatable bonds is 6. The Bertz CT molecular complexity index is 1370. The summed E-state index contributed by atoms with van der Waals surface area (Å²) >= 11 is 0. The van der Waals surface area contributed by atoms with Gasteiger partial charge in [-0.05, 0) is 49.4 Å². The molecule has 2 heterocycles. The molecule has 1 N–H and O–H groups in total. The van der Waals surface area contributed by atoms with Gasteiger partial charge in [-0.15, -0.1) is 0 Å². The number of methoxy groups -OCH3 is 1. The Hall–Kier alpha value is -3.87. The lowest BCUT2D eigenvalue weighted by Gasteiger charge is -2.11. The number of para-hydroxylation sites is 1. The fourth-order valence-corrected chi connectivity index (χ4v) is 4.46. The lowest BCUT2D eigenvalue weighted by molar-refractivity contribution is 0.0950. The zero-order valence-corrected chi connectivity index (χ0v) is 18.6. The molecule has 0 saturated carbocycles. The van der Waals surface area contributed by atoms with Gasteiger partial charge in [0.15, 0.2) is 0 Å². The summed E-state index contributed by atoms with van der Waals surface area (Å²) in [6.07, 6.45) is 7.72. The summed E-state index contributed by atoms with van der Waals surface area (Å²) in [6, 6.07) is 15.0. The molecule has 2 aromatic heterocycles. The number of nitrogens with zero attached hydrogens (tertiary/aromatic N) is 3. The third kappa shape index (κ3) is 4.14. The van der Waals surface area contributed by atoms with E-state index in [0.29, 0.717) is 24.2 Å². The highest BCUT2D eigenvalue weighted by Gasteiger charge is 2.19. The predicted molar refractivity (Wildman–Crippen MR) is 126 cm³/mol. The van der Waals surface area contributed by atoms with E-state index in [1.807, 2.05) is 42.6 Å². The molecule has 2 aromatic carbocycles. The maximum Gasteiger partial charge on any atom is 0.277 e. The van der Waals surface area contributed by atoms with Crippen molar-refractivity contribution in [2.24, 2.45) is 0 Å². The van der Waals surface area contributed by atoms with Crippen molar-refractivity contribution >= 4 is 11.4 Å². The molecule has 1 aliphatic carbocycles. The number of nitrogens with one attached hydrogen (secondary N) is 1. The average Bonchev–Trinajstić information content (AvgIpc) is 3.24. The van der Waals surface area contributed by atoms with Crippen LogP contribution in [0.3, 0.4) is 0 Å². The maximum atomic E-state index is 13.1. The summed E-state index contributed by atoms with van der Waals surface area (Å²) < 4.78 is 8.77. The van der Waals surface area contributed by atoms with E-state index in [9.17, 15) is 9.59 Å². The zero-order chi connectivity index (χ0) is 22.8. The van der Waals surface area contributed by atoms with Crippen molar-refractivity contribution in [1.29, 1.82) is 0 Å². The summed E-state index contributed by atoms with van der Waals surface area (Å²) in [4.78, 5) is 25.7. The molecule has 168 valence electrons. The molecular formula is C26H26N4O3. The highest BCUT2D eigenvalue weighted by Crippen LogP contribution is 2.23. The Morgan fingerprint density at radius 1 is 1.06 bits per heavy atom. The second-order valence-corrected chi connectivity index (χ2v) is 8.35. The van der Waals surface area contributed by atoms with Crippen molar-refractivity contribution in [2.75, 3.05) is 7.11 Å². The number of hydrogen-bond acceptors (Lipinski definition) is 4. The van der Waals surface area contributed by atoms with Gasteiger partial charge in [0, 0.05) is 35.6 Å². The van der Waals surface area contributed by atoms with Crippen LogP contribution >= 0.6 is 0 Å². The zero-order valence-electron chi connectivity index (χ0n) is 18.6. The number of aromatic nitrogens is 3. The summed E-state index contributed by atoms with van der Waals surface area (Å²) in [6.45, 7) is 0.827. The number of carbonyl (C=O) groups excluding carboxylic acids is 1. The normalized spacial score (nSPS) is 13.0. The van der Waals surface area contributed by atoms with Gasteiger partial charge in [-0.1, -0.05) is 30.3 Å². The van der Waals surface area contributed by atoms with E-state index in [1.54, 1.807) is 34.5 Å². The SMILES string of the molecule is COc1ccccc1CNC(=O)c1ccc(Cn2ccn3nc4c(c3c2=O)CCCC4)cc1. The Kier molecular flexibility index (Phi) is 5.69. The minimum Gasteiger partial charge on any atom is -0.496 e. The first-order chi connectivity index (χ1) is 16.1. The highest BCUT2D eigenvalue weighted by molar-refractivity contribution is 5.94. The summed E-state index contributed by atoms with van der Waals surface area (Å²) in [7, 11) is 1.62. The van der Waals surface area contributed by atoms with Gasteiger partial charge >= 0.3 is 0 Å². The third-order valence-corrected chi connectivity index (χ3v) is 6.23. The molecule has 0 unspecified atom stereocenters. The van der Waals surface area contributed by atoms with E-state index in [4.69, 9.17) is 4.74 Å². The van der Waals surface area contributed by atoms with Crippen molar-refractivity contribution in [3.8, 4) is 5.75 Å². The molecule has 0 atom stereocenters. The molecule has 0 bridgehead atoms. The third-order valence-electron chi connectivity index (χ3n) is 6.23. The summed E-state index contributed by atoms with van der Waals surface area (Å²) in [5, 5.41) is 7.52. The van der Waals surface area contributed by atoms with Crippen LogP contribution in [-0.2, 0) is 25.9 Å². The molecule has 7 nitrogen and oxygen atoms in total. The lowest BCUT2D eigenvalue weighted by atomic mass is 9.97. The Morgan fingerprint density at radius 3 is 2.67 bits per heavy atom. The van der Waals surface area contributed by atoms with Crippen LogP contribution in [0.4, 0.5) is 0 Å². The van der Waals surface area contributed by atoms with Gasteiger partial charge in [0.05, 0.1) is 19.3 Å². The molecule has 0 spiro atoms. The minimum absolute atomic E-state index is 0.0215. The Labute approximate surface area is 191 Å². The highest BCUT2D eigenvalue weighted by atomic mass is 16.5. The standard InChI is InChI=1S/C26H26N4O3/c1-33-23-9-5-2-6-20(23)16-27-25(31)19-12-10-18(11-13-19)17-29-14-15-30-24(26(29)32)21-7-3-4-8-22(21)28-30/h2,5-6,9-15H,3-4,7-8,16-17H2,1H3,(H,27,31). The van der Waals surface area contributed by atoms with Crippen LogP contribution in [0.5, 0.6) is 5.75 Å². The van der Waals surface area contributed by atoms with Gasteiger partial charge in [0.25, 0.3) is 11.5 Å². The fourth-order valence-electron chi connectivity index (χ4n) is 4.46. The molecule has 5 rings (SSSR count). The average molecular weight is 443 g/mol. The van der Waals surface area contributed by atoms with Gasteiger partial charge in [-0.3, -0.25) is 9.59 Å². The molecular weight excluding hydrogens is 416 g/mol. The van der Waals surface area contributed by atoms with E-state index in [-0.39, 0.29) is 11.5 Å². The second kappa shape index (κ2) is 8.94. The van der Waals surface area contributed by atoms with Crippen molar-refractivity contribution in [3.05, 3.63) is 99.2 Å². The number of carbonyl (C=O) groups is 1. The first-order valence-electron chi connectivity index (χ1n) is 11.2. The van der Waals surface area contributed by atoms with Crippen LogP contribution in [0, 0.1) is 0 Å². The number of aryl methyl sites for hydroxylation is 2. The van der Waals surface area contributed by atoms with Gasteiger partial charge in [-0.25, -0.2) is 4.52 Å². The molecule has 0 aliphatic heterocycles. The number of hydrogen-bond donors (Lipinski definition) is 1. The molecule has 1 aliphatic rings. The van der Waals surface area contributed by atoms with Gasteiger partial charge in [0.2, 0.25) is 0 Å². The molecule has 4 aromatic rings. The quantitative estimate of drug-likeness (QED) is 0.497. The Balaban J connectivity index is 1.30. The molecule has 0 radical (unpaired) electrons. The first-order valence-corrected chi connectivity index (χ1v) is 11.2.